The molecule has 1 aromatic heterocycles. The van der Waals surface area contributed by atoms with Crippen molar-refractivity contribution >= 4 is 28.3 Å². The molecule has 0 aliphatic carbocycles. The highest BCUT2D eigenvalue weighted by Gasteiger charge is 2.33. The number of nitrogens with one attached hydrogen (secondary N) is 2. The number of amidine groups is 1. The fourth-order valence-electron chi connectivity index (χ4n) is 4.02. The molecule has 0 saturated carbocycles. The third-order valence-electron chi connectivity index (χ3n) is 5.50. The minimum absolute atomic E-state index is 0.104. The smallest absolute Gasteiger partial charge is 0.189 e. The van der Waals surface area contributed by atoms with Crippen LogP contribution in [0.15, 0.2) is 47.5 Å². The van der Waals surface area contributed by atoms with Crippen molar-refractivity contribution in [2.45, 2.75) is 6.92 Å². The Hall–Kier alpha value is -3.81. The average Bonchev–Trinajstić information content (AvgIpc) is 3.42. The molecule has 30 heavy (non-hydrogen) atoms. The van der Waals surface area contributed by atoms with Gasteiger partial charge in [-0.2, -0.15) is 0 Å². The van der Waals surface area contributed by atoms with Gasteiger partial charge in [-0.3, -0.25) is 9.79 Å². The molecule has 2 aliphatic heterocycles. The fraction of sp³-hybridized carbons (Fsp3) is 0.227. The van der Waals surface area contributed by atoms with Gasteiger partial charge in [0.2, 0.25) is 0 Å². The third-order valence-corrected chi connectivity index (χ3v) is 5.50. The first-order valence-electron chi connectivity index (χ1n) is 9.65. The van der Waals surface area contributed by atoms with Crippen LogP contribution in [0.3, 0.4) is 0 Å². The second kappa shape index (κ2) is 6.91. The number of aromatic nitrogens is 2. The zero-order valence-corrected chi connectivity index (χ0v) is 16.9. The Bertz CT molecular complexity index is 1240. The first-order chi connectivity index (χ1) is 14.6. The molecule has 2 N–H and O–H groups in total. The number of carbonyl (C=O) groups excluding carboxylic acids is 1. The number of aromatic amines is 1. The van der Waals surface area contributed by atoms with Crippen molar-refractivity contribution in [3.63, 3.8) is 0 Å². The average molecular weight is 403 g/mol. The summed E-state index contributed by atoms with van der Waals surface area (Å²) >= 11 is 0. The molecule has 152 valence electrons. The lowest BCUT2D eigenvalue weighted by molar-refractivity contribution is 0.104. The Balaban J connectivity index is 1.59. The highest BCUT2D eigenvalue weighted by atomic mass is 16.5. The highest BCUT2D eigenvalue weighted by molar-refractivity contribution is 6.12. The number of carbonyl (C=O) groups is 1. The van der Waals surface area contributed by atoms with Crippen LogP contribution >= 0.6 is 0 Å². The Morgan fingerprint density at radius 3 is 2.90 bits per heavy atom. The number of anilines is 1. The normalized spacial score (nSPS) is 16.2. The van der Waals surface area contributed by atoms with Crippen molar-refractivity contribution in [3.05, 3.63) is 59.2 Å². The summed E-state index contributed by atoms with van der Waals surface area (Å²) in [5.41, 5.74) is 4.81. The maximum atomic E-state index is 13.0. The number of nitrogens with zero attached hydrogens (tertiary/aromatic N) is 3. The molecule has 0 fully saturated rings. The molecule has 0 amide bonds. The Morgan fingerprint density at radius 1 is 1.23 bits per heavy atom. The van der Waals surface area contributed by atoms with Crippen molar-refractivity contribution < 1.29 is 14.3 Å². The van der Waals surface area contributed by atoms with Crippen LogP contribution in [-0.4, -0.2) is 53.8 Å². The van der Waals surface area contributed by atoms with Crippen molar-refractivity contribution in [1.29, 1.82) is 0 Å². The van der Waals surface area contributed by atoms with E-state index in [0.717, 1.165) is 39.4 Å². The molecule has 8 nitrogen and oxygen atoms in total. The molecule has 0 saturated heterocycles. The van der Waals surface area contributed by atoms with Gasteiger partial charge in [0.05, 0.1) is 43.8 Å². The minimum Gasteiger partial charge on any atom is -0.496 e. The van der Waals surface area contributed by atoms with E-state index in [9.17, 15) is 4.79 Å². The highest BCUT2D eigenvalue weighted by Crippen LogP contribution is 2.43. The van der Waals surface area contributed by atoms with E-state index in [1.807, 2.05) is 30.0 Å². The van der Waals surface area contributed by atoms with E-state index in [1.54, 1.807) is 32.7 Å². The molecule has 0 radical (unpaired) electrons. The predicted molar refractivity (Wildman–Crippen MR) is 115 cm³/mol. The molecule has 0 spiro atoms. The number of ketones is 1. The number of benzene rings is 2. The lowest BCUT2D eigenvalue weighted by Crippen LogP contribution is -2.37. The van der Waals surface area contributed by atoms with E-state index in [1.165, 1.54) is 0 Å². The zero-order chi connectivity index (χ0) is 20.8. The van der Waals surface area contributed by atoms with Gasteiger partial charge in [0.25, 0.3) is 0 Å². The molecular formula is C22H21N5O3. The first kappa shape index (κ1) is 18.2. The van der Waals surface area contributed by atoms with Crippen molar-refractivity contribution in [2.75, 3.05) is 32.6 Å². The molecule has 0 unspecified atom stereocenters. The summed E-state index contributed by atoms with van der Waals surface area (Å²) < 4.78 is 11.2. The van der Waals surface area contributed by atoms with E-state index in [2.05, 4.69) is 20.3 Å². The molecule has 0 atom stereocenters. The van der Waals surface area contributed by atoms with Crippen LogP contribution in [0, 0.1) is 6.92 Å². The maximum Gasteiger partial charge on any atom is 0.189 e. The molecule has 3 aromatic rings. The summed E-state index contributed by atoms with van der Waals surface area (Å²) in [5.74, 6) is 2.79. The van der Waals surface area contributed by atoms with Gasteiger partial charge in [-0.25, -0.2) is 4.98 Å². The lowest BCUT2D eigenvalue weighted by Gasteiger charge is -2.33. The summed E-state index contributed by atoms with van der Waals surface area (Å²) in [6.07, 6.45) is 3.23. The van der Waals surface area contributed by atoms with Gasteiger partial charge in [0.1, 0.15) is 23.2 Å². The second-order valence-electron chi connectivity index (χ2n) is 7.17. The molecule has 5 rings (SSSR count). The number of aliphatic imine (C=N–C) groups is 1. The topological polar surface area (TPSA) is 91.8 Å². The van der Waals surface area contributed by atoms with E-state index < -0.39 is 0 Å². The van der Waals surface area contributed by atoms with Crippen LogP contribution in [-0.2, 0) is 0 Å². The van der Waals surface area contributed by atoms with Crippen molar-refractivity contribution in [2.24, 2.45) is 4.99 Å². The van der Waals surface area contributed by atoms with Crippen LogP contribution < -0.4 is 14.8 Å². The Kier molecular flexibility index (Phi) is 4.20. The van der Waals surface area contributed by atoms with E-state index in [4.69, 9.17) is 9.47 Å². The molecule has 8 heteroatoms. The SMILES string of the molecule is COc1cc2c(c(OC)c1C)N/C(=C\C(=O)c1ccc3nc[nH]c3c1)N1CCN=C21. The number of hydrogen-bond acceptors (Lipinski definition) is 7. The standard InChI is InChI=1S/C22H21N5O3/c1-12-18(29-2)9-14-20(21(12)30-3)26-19(27-7-6-23-22(14)27)10-17(28)13-4-5-15-16(8-13)25-11-24-15/h4-5,8-11,26H,6-7H2,1-3H3,(H,24,25)/b19-10+. The summed E-state index contributed by atoms with van der Waals surface area (Å²) in [6.45, 7) is 3.29. The number of methoxy groups -OCH3 is 2. The third kappa shape index (κ3) is 2.72. The number of imidazole rings is 1. The monoisotopic (exact) mass is 403 g/mol. The first-order valence-corrected chi connectivity index (χ1v) is 9.65. The predicted octanol–water partition coefficient (Wildman–Crippen LogP) is 3.10. The maximum absolute atomic E-state index is 13.0. The number of allylic oxidation sites excluding steroid dienone is 1. The number of hydrogen-bond donors (Lipinski definition) is 2. The molecule has 2 aromatic carbocycles. The van der Waals surface area contributed by atoms with Gasteiger partial charge < -0.3 is 24.7 Å². The molecule has 2 aliphatic rings. The van der Waals surface area contributed by atoms with Crippen LogP contribution in [0.1, 0.15) is 21.5 Å². The van der Waals surface area contributed by atoms with Crippen LogP contribution in [0.5, 0.6) is 11.5 Å². The van der Waals surface area contributed by atoms with E-state index in [0.29, 0.717) is 30.2 Å². The van der Waals surface area contributed by atoms with E-state index >= 15 is 0 Å². The minimum atomic E-state index is -0.104. The lowest BCUT2D eigenvalue weighted by atomic mass is 10.0. The Morgan fingerprint density at radius 2 is 2.10 bits per heavy atom. The van der Waals surface area contributed by atoms with Crippen molar-refractivity contribution in [1.82, 2.24) is 14.9 Å². The largest absolute Gasteiger partial charge is 0.496 e. The number of ether oxygens (including phenoxy) is 2. The molecular weight excluding hydrogens is 382 g/mol. The summed E-state index contributed by atoms with van der Waals surface area (Å²) in [4.78, 5) is 27.0. The van der Waals surface area contributed by atoms with Crippen LogP contribution in [0.4, 0.5) is 5.69 Å². The van der Waals surface area contributed by atoms with Crippen LogP contribution in [0.25, 0.3) is 11.0 Å². The number of rotatable bonds is 4. The van der Waals surface area contributed by atoms with E-state index in [-0.39, 0.29) is 5.78 Å². The van der Waals surface area contributed by atoms with Gasteiger partial charge in [0, 0.05) is 29.3 Å². The van der Waals surface area contributed by atoms with Gasteiger partial charge in [-0.15, -0.1) is 0 Å². The second-order valence-corrected chi connectivity index (χ2v) is 7.17. The summed E-state index contributed by atoms with van der Waals surface area (Å²) in [7, 11) is 3.26. The van der Waals surface area contributed by atoms with Gasteiger partial charge >= 0.3 is 0 Å². The van der Waals surface area contributed by atoms with Gasteiger partial charge in [0.15, 0.2) is 5.78 Å². The van der Waals surface area contributed by atoms with Crippen molar-refractivity contribution in [3.8, 4) is 11.5 Å². The number of H-pyrrole nitrogens is 1. The fourth-order valence-corrected chi connectivity index (χ4v) is 4.02. The van der Waals surface area contributed by atoms with Gasteiger partial charge in [-0.05, 0) is 31.2 Å². The molecule has 3 heterocycles. The summed E-state index contributed by atoms with van der Waals surface area (Å²) in [6, 6.07) is 7.39. The van der Waals surface area contributed by atoms with Gasteiger partial charge in [-0.1, -0.05) is 0 Å². The van der Waals surface area contributed by atoms with Crippen LogP contribution in [0.2, 0.25) is 0 Å². The molecule has 0 bridgehead atoms. The quantitative estimate of drug-likeness (QED) is 0.514. The Labute approximate surface area is 173 Å². The number of fused-ring (bicyclic) bond motifs is 4. The zero-order valence-electron chi connectivity index (χ0n) is 16.9. The summed E-state index contributed by atoms with van der Waals surface area (Å²) in [5, 5.41) is 3.40.